The molecule has 120 heavy (non-hydrogen) atoms. The van der Waals surface area contributed by atoms with Crippen molar-refractivity contribution in [3.8, 4) is 89.5 Å². The van der Waals surface area contributed by atoms with Crippen LogP contribution in [0, 0.1) is 104 Å². The first kappa shape index (κ1) is 78.3. The Morgan fingerprint density at radius 3 is 1.07 bits per heavy atom. The number of furan rings is 4. The zero-order chi connectivity index (χ0) is 84.0. The van der Waals surface area contributed by atoms with Crippen LogP contribution in [0.1, 0.15) is 56.2 Å². The number of hydrogen-bond donors (Lipinski definition) is 0. The lowest BCUT2D eigenvalue weighted by Gasteiger charge is -2.11. The number of benzene rings is 8. The fraction of sp³-hybridized carbons (Fsp3) is 0.137. The molecule has 0 aliphatic rings. The predicted octanol–water partition coefficient (Wildman–Crippen LogP) is 24.5. The minimum absolute atomic E-state index is 0.190. The van der Waals surface area contributed by atoms with E-state index in [1.54, 1.807) is 31.2 Å². The van der Waals surface area contributed by atoms with Gasteiger partial charge in [0.25, 0.3) is 0 Å². The number of rotatable bonds is 8. The average molecular weight is 1600 g/mol. The molecule has 20 rings (SSSR count). The third-order valence-corrected chi connectivity index (χ3v) is 22.6. The Morgan fingerprint density at radius 1 is 0.250 bits per heavy atom. The van der Waals surface area contributed by atoms with Gasteiger partial charge >= 0.3 is 0 Å². The van der Waals surface area contributed by atoms with Crippen LogP contribution in [0.2, 0.25) is 0 Å². The van der Waals surface area contributed by atoms with Crippen molar-refractivity contribution in [3.05, 3.63) is 334 Å². The first-order valence-electron chi connectivity index (χ1n) is 39.3. The quantitative estimate of drug-likeness (QED) is 0.109. The predicted molar refractivity (Wildman–Crippen MR) is 461 cm³/mol. The molecule has 0 radical (unpaired) electrons. The van der Waals surface area contributed by atoms with Gasteiger partial charge in [-0.3, -0.25) is 0 Å². The molecule has 12 aromatic heterocycles. The molecule has 592 valence electrons. The normalized spacial score (nSPS) is 11.5. The smallest absolute Gasteiger partial charge is 0.227 e. The number of aromatic nitrogens is 8. The van der Waals surface area contributed by atoms with E-state index in [2.05, 4.69) is 110 Å². The second-order valence-corrected chi connectivity index (χ2v) is 30.9. The molecule has 12 nitrogen and oxygen atoms in total. The van der Waals surface area contributed by atoms with E-state index in [-0.39, 0.29) is 11.6 Å². The fourth-order valence-corrected chi connectivity index (χ4v) is 16.1. The van der Waals surface area contributed by atoms with Crippen LogP contribution >= 0.6 is 0 Å². The first-order chi connectivity index (χ1) is 57.7. The molecule has 20 aromatic rings. The highest BCUT2D eigenvalue weighted by atomic mass is 19.2. The van der Waals surface area contributed by atoms with Crippen LogP contribution in [0.25, 0.3) is 178 Å². The van der Waals surface area contributed by atoms with Crippen molar-refractivity contribution in [1.29, 1.82) is 0 Å². The topological polar surface area (TPSA) is 120 Å². The van der Waals surface area contributed by atoms with Gasteiger partial charge in [-0.15, -0.1) is 0 Å². The number of pyridine rings is 8. The molecule has 0 bridgehead atoms. The van der Waals surface area contributed by atoms with E-state index in [4.69, 9.17) is 17.7 Å². The zero-order valence-electron chi connectivity index (χ0n) is 68.6. The summed E-state index contributed by atoms with van der Waals surface area (Å²) >= 11 is 0. The van der Waals surface area contributed by atoms with E-state index in [1.807, 2.05) is 208 Å². The Kier molecular flexibility index (Phi) is 20.4. The molecule has 0 aliphatic heterocycles. The van der Waals surface area contributed by atoms with Crippen molar-refractivity contribution in [1.82, 2.24) is 19.9 Å². The number of halogens is 6. The third kappa shape index (κ3) is 14.4. The minimum atomic E-state index is -0.862. The molecule has 12 heterocycles. The van der Waals surface area contributed by atoms with E-state index < -0.39 is 23.3 Å². The molecule has 8 aromatic carbocycles. The van der Waals surface area contributed by atoms with Gasteiger partial charge < -0.3 is 17.7 Å². The molecule has 0 saturated heterocycles. The lowest BCUT2D eigenvalue weighted by Crippen LogP contribution is -2.31. The maximum Gasteiger partial charge on any atom is 0.227 e. The Labute approximate surface area is 687 Å². The molecule has 0 fully saturated rings. The van der Waals surface area contributed by atoms with Crippen molar-refractivity contribution in [2.24, 2.45) is 28.2 Å². The summed E-state index contributed by atoms with van der Waals surface area (Å²) in [6.07, 6.45) is 7.87. The van der Waals surface area contributed by atoms with Crippen LogP contribution in [0.4, 0.5) is 26.3 Å². The Hall–Kier alpha value is -14.3. The minimum Gasteiger partial charge on any atom is -0.437 e. The highest BCUT2D eigenvalue weighted by molar-refractivity contribution is 6.12. The van der Waals surface area contributed by atoms with Crippen LogP contribution in [0.5, 0.6) is 0 Å². The summed E-state index contributed by atoms with van der Waals surface area (Å²) in [5, 5.41) is 8.07. The molecular weight excluding hydrogens is 1520 g/mol. The Balaban J connectivity index is 0.000000114. The molecule has 0 saturated carbocycles. The van der Waals surface area contributed by atoms with Crippen LogP contribution in [0.15, 0.2) is 261 Å². The average Bonchev–Trinajstić information content (AvgIpc) is 1.42. The molecule has 0 aliphatic carbocycles. The number of fused-ring (bicyclic) bond motifs is 12. The van der Waals surface area contributed by atoms with Crippen molar-refractivity contribution in [3.63, 3.8) is 0 Å². The van der Waals surface area contributed by atoms with Gasteiger partial charge in [-0.2, -0.15) is 0 Å². The van der Waals surface area contributed by atoms with Gasteiger partial charge in [0.2, 0.25) is 45.6 Å². The summed E-state index contributed by atoms with van der Waals surface area (Å²) in [7, 11) is 7.90. The SMILES string of the molecule is Cc1ccc2c(n1)oc1c(-c3c(-c4ccc(C)c(F)c4)ccc[n+]3C)c(C)ccc12.Cc1ccc2c(n1)oc1c(-c3cc(-c4ccc(F)c(F)c4)cc[n+]3C)c(C)ccc12.Cc1ccc2c(n1)oc1c(-c3ccc(-c4ccc(F)c(F)c4)c[n+]3C)c(C)ccc12.Cc1ccc2c(n1)oc1c(-c3ccc(-c4cccc(F)c4C)c[n+]3C)c(C)ccc12. The standard InChI is InChI=1S/2C26H22FN2O.2C25H19F2N2O/c1-15-7-10-18(14-22(15)27)19-6-5-13-29(4)24(19)23-16(2)8-11-20-21-12-9-17(3)28-26(21)30-25(20)23;1-15-8-11-20-21-12-9-16(2)28-26(21)30-25(20)24(15)23-13-10-18(14-29(23)4)19-6-5-7-22(27)17(19)3;1-14-4-8-18-19-9-5-15(2)28-25(19)30-24(18)23(14)22-11-7-17(13-29(22)3)16-6-10-20(26)21(27)12-16;1-14-4-7-18-19-8-5-15(2)28-25(19)30-24(18)23(14)22-13-17(10-11-29(22)3)16-6-9-20(26)21(27)12-16/h2*5-14H,1-4H3;2*4-13H,1-3H3/q4*+1. The monoisotopic (exact) mass is 1600 g/mol. The van der Waals surface area contributed by atoms with Crippen LogP contribution in [-0.4, -0.2) is 19.9 Å². The van der Waals surface area contributed by atoms with Gasteiger partial charge in [0.05, 0.1) is 27.8 Å². The lowest BCUT2D eigenvalue weighted by molar-refractivity contribution is -0.660. The fourth-order valence-electron chi connectivity index (χ4n) is 16.1. The summed E-state index contributed by atoms with van der Waals surface area (Å²) in [4.78, 5) is 18.2. The molecule has 0 atom stereocenters. The molecular formula is C102H82F6N8O4+4. The van der Waals surface area contributed by atoms with Gasteiger partial charge in [0.1, 0.15) is 39.8 Å². The third-order valence-electron chi connectivity index (χ3n) is 22.6. The number of nitrogens with zero attached hydrogens (tertiary/aromatic N) is 8. The second-order valence-electron chi connectivity index (χ2n) is 30.9. The van der Waals surface area contributed by atoms with Crippen molar-refractivity contribution >= 4 is 88.3 Å². The van der Waals surface area contributed by atoms with Gasteiger partial charge in [-0.25, -0.2) is 64.5 Å². The van der Waals surface area contributed by atoms with Crippen molar-refractivity contribution < 1.29 is 62.3 Å². The van der Waals surface area contributed by atoms with Crippen molar-refractivity contribution in [2.75, 3.05) is 0 Å². The van der Waals surface area contributed by atoms with Gasteiger partial charge in [0.15, 0.2) is 70.4 Å². The molecule has 18 heteroatoms. The van der Waals surface area contributed by atoms with Gasteiger partial charge in [-0.05, 0) is 234 Å². The van der Waals surface area contributed by atoms with Crippen LogP contribution in [0.3, 0.4) is 0 Å². The Bertz CT molecular complexity index is 7590. The summed E-state index contributed by atoms with van der Waals surface area (Å²) in [5.74, 6) is -3.82. The van der Waals surface area contributed by atoms with E-state index in [9.17, 15) is 26.3 Å². The van der Waals surface area contributed by atoms with E-state index in [1.165, 1.54) is 18.2 Å². The first-order valence-corrected chi connectivity index (χ1v) is 39.3. The van der Waals surface area contributed by atoms with Crippen LogP contribution in [-0.2, 0) is 28.2 Å². The van der Waals surface area contributed by atoms with Crippen LogP contribution < -0.4 is 18.3 Å². The summed E-state index contributed by atoms with van der Waals surface area (Å²) in [5.41, 5.74) is 29.4. The highest BCUT2D eigenvalue weighted by Gasteiger charge is 2.29. The maximum atomic E-state index is 14.4. The lowest BCUT2D eigenvalue weighted by atomic mass is 9.94. The molecule has 0 spiro atoms. The summed E-state index contributed by atoms with van der Waals surface area (Å²) in [6, 6.07) is 67.2. The summed E-state index contributed by atoms with van der Waals surface area (Å²) in [6.45, 7) is 19.6. The molecule has 0 amide bonds. The molecule has 0 unspecified atom stereocenters. The molecule has 0 N–H and O–H groups in total. The highest BCUT2D eigenvalue weighted by Crippen LogP contribution is 2.44. The van der Waals surface area contributed by atoms with Gasteiger partial charge in [0, 0.05) is 107 Å². The van der Waals surface area contributed by atoms with Gasteiger partial charge in [-0.1, -0.05) is 84.9 Å². The van der Waals surface area contributed by atoms with Crippen molar-refractivity contribution in [2.45, 2.75) is 69.2 Å². The number of aryl methyl sites for hydroxylation is 13. The summed E-state index contributed by atoms with van der Waals surface area (Å²) < 4.78 is 116. The van der Waals surface area contributed by atoms with E-state index >= 15 is 0 Å². The largest absolute Gasteiger partial charge is 0.437 e. The number of hydrogen-bond acceptors (Lipinski definition) is 8. The Morgan fingerprint density at radius 2 is 0.617 bits per heavy atom. The maximum absolute atomic E-state index is 14.4. The van der Waals surface area contributed by atoms with E-state index in [0.717, 1.165) is 201 Å². The second kappa shape index (κ2) is 31.3. The zero-order valence-corrected chi connectivity index (χ0v) is 68.6. The van der Waals surface area contributed by atoms with E-state index in [0.29, 0.717) is 45.1 Å².